The number of carbonyl (C=O) groups is 3. The highest BCUT2D eigenvalue weighted by Crippen LogP contribution is 2.15. The van der Waals surface area contributed by atoms with Crippen molar-refractivity contribution >= 4 is 17.9 Å². The van der Waals surface area contributed by atoms with Crippen molar-refractivity contribution in [2.75, 3.05) is 13.2 Å². The first-order valence-electron chi connectivity index (χ1n) is 25.9. The van der Waals surface area contributed by atoms with Gasteiger partial charge in [-0.2, -0.15) is 0 Å². The van der Waals surface area contributed by atoms with Crippen molar-refractivity contribution in [3.63, 3.8) is 0 Å². The predicted molar refractivity (Wildman–Crippen MR) is 265 cm³/mol. The molecule has 6 heteroatoms. The molecular weight excluding hydrogens is 769 g/mol. The normalized spacial score (nSPS) is 12.6. The lowest BCUT2D eigenvalue weighted by atomic mass is 10.1. The molecule has 0 spiro atoms. The van der Waals surface area contributed by atoms with Gasteiger partial charge in [0.25, 0.3) is 0 Å². The summed E-state index contributed by atoms with van der Waals surface area (Å²) in [6.07, 6.45) is 63.3. The molecule has 0 fully saturated rings. The number of unbranched alkanes of at least 4 members (excludes halogenated alkanes) is 23. The number of ether oxygens (including phenoxy) is 3. The summed E-state index contributed by atoms with van der Waals surface area (Å²) in [4.78, 5) is 37.8. The second kappa shape index (κ2) is 50.5. The molecule has 0 saturated heterocycles. The first-order valence-corrected chi connectivity index (χ1v) is 25.9. The molecule has 0 amide bonds. The van der Waals surface area contributed by atoms with E-state index in [0.29, 0.717) is 19.3 Å². The summed E-state index contributed by atoms with van der Waals surface area (Å²) in [7, 11) is 0. The lowest BCUT2D eigenvalue weighted by Gasteiger charge is -2.18. The summed E-state index contributed by atoms with van der Waals surface area (Å²) in [5.41, 5.74) is 0. The third kappa shape index (κ3) is 47.9. The van der Waals surface area contributed by atoms with Crippen molar-refractivity contribution < 1.29 is 28.6 Å². The van der Waals surface area contributed by atoms with E-state index in [-0.39, 0.29) is 31.1 Å². The van der Waals surface area contributed by atoms with E-state index in [2.05, 4.69) is 93.7 Å². The summed E-state index contributed by atoms with van der Waals surface area (Å²) >= 11 is 0. The zero-order valence-electron chi connectivity index (χ0n) is 40.6. The van der Waals surface area contributed by atoms with Crippen molar-refractivity contribution in [1.82, 2.24) is 0 Å². The van der Waals surface area contributed by atoms with Gasteiger partial charge in [0.05, 0.1) is 0 Å². The van der Waals surface area contributed by atoms with Gasteiger partial charge < -0.3 is 14.2 Å². The molecule has 1 atom stereocenters. The van der Waals surface area contributed by atoms with Crippen LogP contribution in [0.25, 0.3) is 0 Å². The van der Waals surface area contributed by atoms with Crippen LogP contribution in [-0.4, -0.2) is 37.2 Å². The Hall–Kier alpha value is -3.15. The first kappa shape index (κ1) is 58.9. The Morgan fingerprint density at radius 1 is 0.339 bits per heavy atom. The Morgan fingerprint density at radius 3 is 0.984 bits per heavy atom. The van der Waals surface area contributed by atoms with E-state index in [1.54, 1.807) is 0 Å². The largest absolute Gasteiger partial charge is 0.462 e. The Kier molecular flexibility index (Phi) is 47.9. The maximum absolute atomic E-state index is 12.7. The zero-order chi connectivity index (χ0) is 45.1. The van der Waals surface area contributed by atoms with E-state index < -0.39 is 6.10 Å². The number of hydrogen-bond acceptors (Lipinski definition) is 6. The number of rotatable bonds is 46. The topological polar surface area (TPSA) is 78.9 Å². The highest BCUT2D eigenvalue weighted by Gasteiger charge is 2.19. The van der Waals surface area contributed by atoms with Gasteiger partial charge in [-0.1, -0.05) is 229 Å². The van der Waals surface area contributed by atoms with E-state index >= 15 is 0 Å². The van der Waals surface area contributed by atoms with Gasteiger partial charge in [-0.15, -0.1) is 0 Å². The van der Waals surface area contributed by atoms with Gasteiger partial charge in [0.2, 0.25) is 0 Å². The van der Waals surface area contributed by atoms with E-state index in [0.717, 1.165) is 103 Å². The van der Waals surface area contributed by atoms with Gasteiger partial charge in [-0.05, 0) is 70.6 Å². The van der Waals surface area contributed by atoms with E-state index in [1.807, 2.05) is 0 Å². The Morgan fingerprint density at radius 2 is 0.629 bits per heavy atom. The molecule has 1 unspecified atom stereocenters. The van der Waals surface area contributed by atoms with Crippen molar-refractivity contribution in [3.05, 3.63) is 72.9 Å². The average molecular weight is 865 g/mol. The van der Waals surface area contributed by atoms with Crippen LogP contribution in [0.5, 0.6) is 0 Å². The lowest BCUT2D eigenvalue weighted by Crippen LogP contribution is -2.30. The number of allylic oxidation sites excluding steroid dienone is 12. The number of esters is 3. The summed E-state index contributed by atoms with van der Waals surface area (Å²) in [6, 6.07) is 0. The van der Waals surface area contributed by atoms with Crippen LogP contribution in [0.15, 0.2) is 72.9 Å². The van der Waals surface area contributed by atoms with Crippen LogP contribution in [0.1, 0.15) is 245 Å². The van der Waals surface area contributed by atoms with Gasteiger partial charge in [-0.3, -0.25) is 14.4 Å². The minimum atomic E-state index is -0.775. The molecule has 0 aliphatic carbocycles. The summed E-state index contributed by atoms with van der Waals surface area (Å²) in [6.45, 7) is 6.47. The van der Waals surface area contributed by atoms with Crippen molar-refractivity contribution in [3.8, 4) is 0 Å². The van der Waals surface area contributed by atoms with Crippen LogP contribution in [-0.2, 0) is 28.6 Å². The standard InChI is InChI=1S/C56H96O6/c1-4-7-10-13-16-19-21-22-23-24-25-26-27-28-29-30-31-32-33-34-36-37-40-43-46-49-55(58)61-52-53(51-60-54(57)48-45-42-39-18-15-12-9-6-3)62-56(59)50-47-44-41-38-35-20-17-14-11-8-5-2/h7,10,16,19,22-23,25-26,28-29,31-32,53H,4-6,8-9,11-15,17-18,20-21,24,27,30,33-52H2,1-3H3/b10-7-,19-16-,23-22-,26-25-,29-28-,32-31-. The molecule has 0 saturated carbocycles. The quantitative estimate of drug-likeness (QED) is 0.0262. The summed E-state index contributed by atoms with van der Waals surface area (Å²) < 4.78 is 16.7. The van der Waals surface area contributed by atoms with E-state index in [1.165, 1.54) is 103 Å². The van der Waals surface area contributed by atoms with Crippen molar-refractivity contribution in [2.45, 2.75) is 252 Å². The van der Waals surface area contributed by atoms with Crippen LogP contribution < -0.4 is 0 Å². The fraction of sp³-hybridized carbons (Fsp3) is 0.732. The van der Waals surface area contributed by atoms with Gasteiger partial charge in [0, 0.05) is 19.3 Å². The molecule has 0 aromatic rings. The minimum Gasteiger partial charge on any atom is -0.462 e. The third-order valence-corrected chi connectivity index (χ3v) is 11.0. The van der Waals surface area contributed by atoms with Crippen LogP contribution >= 0.6 is 0 Å². The van der Waals surface area contributed by atoms with Crippen LogP contribution in [0, 0.1) is 0 Å². The second-order valence-electron chi connectivity index (χ2n) is 17.1. The average Bonchev–Trinajstić information content (AvgIpc) is 3.27. The number of carbonyl (C=O) groups excluding carboxylic acids is 3. The fourth-order valence-corrected chi connectivity index (χ4v) is 7.09. The van der Waals surface area contributed by atoms with Gasteiger partial charge in [0.15, 0.2) is 6.10 Å². The predicted octanol–water partition coefficient (Wildman–Crippen LogP) is 17.0. The molecule has 0 N–H and O–H groups in total. The molecule has 0 radical (unpaired) electrons. The van der Waals surface area contributed by atoms with Crippen LogP contribution in [0.4, 0.5) is 0 Å². The highest BCUT2D eigenvalue weighted by atomic mass is 16.6. The summed E-state index contributed by atoms with van der Waals surface area (Å²) in [5.74, 6) is -0.896. The molecule has 356 valence electrons. The molecule has 0 aromatic carbocycles. The van der Waals surface area contributed by atoms with Gasteiger partial charge in [0.1, 0.15) is 13.2 Å². The van der Waals surface area contributed by atoms with E-state index in [4.69, 9.17) is 14.2 Å². The minimum absolute atomic E-state index is 0.0777. The molecular formula is C56H96O6. The number of hydrogen-bond donors (Lipinski definition) is 0. The van der Waals surface area contributed by atoms with Crippen LogP contribution in [0.3, 0.4) is 0 Å². The van der Waals surface area contributed by atoms with Crippen molar-refractivity contribution in [2.24, 2.45) is 0 Å². The van der Waals surface area contributed by atoms with E-state index in [9.17, 15) is 14.4 Å². The molecule has 0 heterocycles. The Labute approximate surface area is 382 Å². The monoisotopic (exact) mass is 865 g/mol. The maximum Gasteiger partial charge on any atom is 0.306 e. The second-order valence-corrected chi connectivity index (χ2v) is 17.1. The van der Waals surface area contributed by atoms with Gasteiger partial charge in [-0.25, -0.2) is 0 Å². The molecule has 0 aromatic heterocycles. The Bertz CT molecular complexity index is 1180. The molecule has 0 rings (SSSR count). The molecule has 62 heavy (non-hydrogen) atoms. The highest BCUT2D eigenvalue weighted by molar-refractivity contribution is 5.71. The first-order chi connectivity index (χ1) is 30.5. The smallest absolute Gasteiger partial charge is 0.306 e. The maximum atomic E-state index is 12.7. The zero-order valence-corrected chi connectivity index (χ0v) is 40.6. The molecule has 0 bridgehead atoms. The molecule has 0 aliphatic heterocycles. The third-order valence-electron chi connectivity index (χ3n) is 11.0. The molecule has 6 nitrogen and oxygen atoms in total. The SMILES string of the molecule is CC/C=C\C/C=C\C/C=C\C/C=C\C/C=C\C/C=C\CCCCCCCCC(=O)OCC(COC(=O)CCCCCCCCCC)OC(=O)CCCCCCCCCCCCC. The van der Waals surface area contributed by atoms with Crippen molar-refractivity contribution in [1.29, 1.82) is 0 Å². The lowest BCUT2D eigenvalue weighted by molar-refractivity contribution is -0.167. The Balaban J connectivity index is 4.23. The molecule has 0 aliphatic rings. The summed E-state index contributed by atoms with van der Waals surface area (Å²) in [5, 5.41) is 0. The fourth-order valence-electron chi connectivity index (χ4n) is 7.09. The van der Waals surface area contributed by atoms with Crippen LogP contribution in [0.2, 0.25) is 0 Å². The van der Waals surface area contributed by atoms with Gasteiger partial charge >= 0.3 is 17.9 Å².